The van der Waals surface area contributed by atoms with Gasteiger partial charge in [-0.2, -0.15) is 0 Å². The summed E-state index contributed by atoms with van der Waals surface area (Å²) in [5.74, 6) is 0.688. The van der Waals surface area contributed by atoms with E-state index in [-0.39, 0.29) is 11.6 Å². The van der Waals surface area contributed by atoms with Crippen molar-refractivity contribution >= 4 is 11.6 Å². The first-order valence-electron chi connectivity index (χ1n) is 8.96. The first kappa shape index (κ1) is 18.8. The van der Waals surface area contributed by atoms with Gasteiger partial charge in [-0.15, -0.1) is 0 Å². The van der Waals surface area contributed by atoms with Crippen LogP contribution in [0.3, 0.4) is 0 Å². The van der Waals surface area contributed by atoms with Gasteiger partial charge < -0.3 is 9.64 Å². The van der Waals surface area contributed by atoms with Crippen molar-refractivity contribution in [3.8, 4) is 5.75 Å². The number of amides is 1. The van der Waals surface area contributed by atoms with Gasteiger partial charge >= 0.3 is 0 Å². The number of nitro groups is 1. The Morgan fingerprint density at radius 1 is 1.11 bits per heavy atom. The highest BCUT2D eigenvalue weighted by atomic mass is 16.6. The van der Waals surface area contributed by atoms with Crippen LogP contribution in [-0.4, -0.2) is 53.9 Å². The number of carbonyl (C=O) groups is 1. The summed E-state index contributed by atoms with van der Waals surface area (Å²) in [6.07, 6.45) is 0.872. The zero-order valence-corrected chi connectivity index (χ0v) is 15.3. The molecular formula is C20H23N3O4. The highest BCUT2D eigenvalue weighted by molar-refractivity contribution is 5.94. The highest BCUT2D eigenvalue weighted by Crippen LogP contribution is 2.17. The summed E-state index contributed by atoms with van der Waals surface area (Å²) in [4.78, 5) is 27.3. The van der Waals surface area contributed by atoms with E-state index in [1.54, 1.807) is 24.1 Å². The van der Waals surface area contributed by atoms with Crippen LogP contribution in [0.25, 0.3) is 0 Å². The average molecular weight is 369 g/mol. The third-order valence-electron chi connectivity index (χ3n) is 4.74. The Hall–Kier alpha value is -2.93. The summed E-state index contributed by atoms with van der Waals surface area (Å²) in [5.41, 5.74) is 1.51. The van der Waals surface area contributed by atoms with Gasteiger partial charge in [0.05, 0.1) is 12.0 Å². The van der Waals surface area contributed by atoms with Gasteiger partial charge in [-0.3, -0.25) is 19.8 Å². The third-order valence-corrected chi connectivity index (χ3v) is 4.74. The number of hydrogen-bond acceptors (Lipinski definition) is 5. The van der Waals surface area contributed by atoms with Crippen LogP contribution in [0, 0.1) is 10.1 Å². The monoisotopic (exact) mass is 369 g/mol. The molecule has 1 saturated heterocycles. The Balaban J connectivity index is 1.61. The molecule has 0 N–H and O–H groups in total. The highest BCUT2D eigenvalue weighted by Gasteiger charge is 2.21. The molecule has 0 aliphatic carbocycles. The Kier molecular flexibility index (Phi) is 6.03. The number of hydrogen-bond donors (Lipinski definition) is 0. The number of nitro benzene ring substituents is 1. The minimum Gasteiger partial charge on any atom is -0.497 e. The van der Waals surface area contributed by atoms with Crippen LogP contribution in [0.1, 0.15) is 22.3 Å². The molecule has 0 atom stereocenters. The molecule has 0 unspecified atom stereocenters. The van der Waals surface area contributed by atoms with E-state index in [4.69, 9.17) is 4.74 Å². The molecule has 3 rings (SSSR count). The van der Waals surface area contributed by atoms with E-state index in [2.05, 4.69) is 17.0 Å². The van der Waals surface area contributed by atoms with Gasteiger partial charge in [-0.05, 0) is 30.2 Å². The maximum Gasteiger partial charge on any atom is 0.270 e. The van der Waals surface area contributed by atoms with Crippen molar-refractivity contribution in [1.29, 1.82) is 0 Å². The summed E-state index contributed by atoms with van der Waals surface area (Å²) in [7, 11) is 1.65. The molecule has 1 aliphatic rings. The summed E-state index contributed by atoms with van der Waals surface area (Å²) in [6.45, 7) is 3.76. The van der Waals surface area contributed by atoms with Crippen LogP contribution >= 0.6 is 0 Å². The number of rotatable bonds is 5. The summed E-state index contributed by atoms with van der Waals surface area (Å²) in [6, 6.07) is 13.9. The molecule has 7 heteroatoms. The Morgan fingerprint density at radius 2 is 1.89 bits per heavy atom. The van der Waals surface area contributed by atoms with E-state index < -0.39 is 4.92 Å². The molecule has 2 aromatic carbocycles. The maximum absolute atomic E-state index is 12.7. The molecule has 1 amide bonds. The fourth-order valence-electron chi connectivity index (χ4n) is 3.26. The molecule has 0 bridgehead atoms. The smallest absolute Gasteiger partial charge is 0.270 e. The second-order valence-electron chi connectivity index (χ2n) is 6.58. The van der Waals surface area contributed by atoms with Crippen LogP contribution in [0.2, 0.25) is 0 Å². The molecule has 142 valence electrons. The van der Waals surface area contributed by atoms with E-state index >= 15 is 0 Å². The van der Waals surface area contributed by atoms with E-state index in [1.165, 1.54) is 17.7 Å². The molecule has 0 radical (unpaired) electrons. The zero-order valence-electron chi connectivity index (χ0n) is 15.3. The van der Waals surface area contributed by atoms with Crippen molar-refractivity contribution in [2.24, 2.45) is 0 Å². The largest absolute Gasteiger partial charge is 0.497 e. The van der Waals surface area contributed by atoms with Crippen LogP contribution in [-0.2, 0) is 6.54 Å². The third kappa shape index (κ3) is 4.83. The lowest BCUT2D eigenvalue weighted by molar-refractivity contribution is -0.384. The van der Waals surface area contributed by atoms with Crippen LogP contribution < -0.4 is 4.74 Å². The van der Waals surface area contributed by atoms with Gasteiger partial charge in [0, 0.05) is 50.4 Å². The second-order valence-corrected chi connectivity index (χ2v) is 6.58. The molecule has 27 heavy (non-hydrogen) atoms. The Bertz CT molecular complexity index is 807. The Labute approximate surface area is 158 Å². The number of ether oxygens (including phenoxy) is 1. The summed E-state index contributed by atoms with van der Waals surface area (Å²) < 4.78 is 5.18. The van der Waals surface area contributed by atoms with Gasteiger partial charge in [-0.25, -0.2) is 0 Å². The fourth-order valence-corrected chi connectivity index (χ4v) is 3.26. The molecule has 0 spiro atoms. The lowest BCUT2D eigenvalue weighted by Gasteiger charge is -2.22. The van der Waals surface area contributed by atoms with Crippen molar-refractivity contribution in [2.75, 3.05) is 33.3 Å². The lowest BCUT2D eigenvalue weighted by atomic mass is 10.1. The molecule has 1 fully saturated rings. The first-order chi connectivity index (χ1) is 13.1. The molecule has 0 saturated carbocycles. The number of methoxy groups -OCH3 is 1. The SMILES string of the molecule is COc1ccc(CN2CCCN(C(=O)c3cccc([N+](=O)[O-])c3)CC2)cc1. The zero-order chi connectivity index (χ0) is 19.2. The van der Waals surface area contributed by atoms with Gasteiger partial charge in [0.1, 0.15) is 5.75 Å². The van der Waals surface area contributed by atoms with Crippen molar-refractivity contribution in [2.45, 2.75) is 13.0 Å². The predicted octanol–water partition coefficient (Wildman–Crippen LogP) is 2.95. The minimum absolute atomic E-state index is 0.0585. The number of nitrogens with zero attached hydrogens (tertiary/aromatic N) is 3. The van der Waals surface area contributed by atoms with Crippen molar-refractivity contribution in [3.05, 3.63) is 69.8 Å². The number of non-ortho nitro benzene ring substituents is 1. The fraction of sp³-hybridized carbons (Fsp3) is 0.350. The lowest BCUT2D eigenvalue weighted by Crippen LogP contribution is -2.35. The van der Waals surface area contributed by atoms with Gasteiger partial charge in [0.15, 0.2) is 0 Å². The number of carbonyl (C=O) groups excluding carboxylic acids is 1. The first-order valence-corrected chi connectivity index (χ1v) is 8.96. The Morgan fingerprint density at radius 3 is 2.59 bits per heavy atom. The maximum atomic E-state index is 12.7. The molecule has 2 aromatic rings. The van der Waals surface area contributed by atoms with E-state index in [1.807, 2.05) is 12.1 Å². The van der Waals surface area contributed by atoms with Gasteiger partial charge in [-0.1, -0.05) is 18.2 Å². The van der Waals surface area contributed by atoms with Gasteiger partial charge in [0.25, 0.3) is 11.6 Å². The van der Waals surface area contributed by atoms with E-state index in [0.717, 1.165) is 31.8 Å². The second kappa shape index (κ2) is 8.64. The average Bonchev–Trinajstić information content (AvgIpc) is 2.93. The normalized spacial score (nSPS) is 15.2. The summed E-state index contributed by atoms with van der Waals surface area (Å²) in [5, 5.41) is 10.9. The minimum atomic E-state index is -0.476. The number of benzene rings is 2. The molecule has 0 aromatic heterocycles. The molecule has 1 heterocycles. The topological polar surface area (TPSA) is 75.9 Å². The molecule has 1 aliphatic heterocycles. The van der Waals surface area contributed by atoms with Gasteiger partial charge in [0.2, 0.25) is 0 Å². The standard InChI is InChI=1S/C20H23N3O4/c1-27-19-8-6-16(7-9-19)15-21-10-3-11-22(13-12-21)20(24)17-4-2-5-18(14-17)23(25)26/h2,4-9,14H,3,10-13,15H2,1H3. The molecule has 7 nitrogen and oxygen atoms in total. The van der Waals surface area contributed by atoms with Crippen LogP contribution in [0.4, 0.5) is 5.69 Å². The predicted molar refractivity (Wildman–Crippen MR) is 102 cm³/mol. The van der Waals surface area contributed by atoms with Crippen molar-refractivity contribution in [1.82, 2.24) is 9.80 Å². The quantitative estimate of drug-likeness (QED) is 0.598. The van der Waals surface area contributed by atoms with Crippen LogP contribution in [0.5, 0.6) is 5.75 Å². The van der Waals surface area contributed by atoms with Crippen molar-refractivity contribution < 1.29 is 14.5 Å². The van der Waals surface area contributed by atoms with Crippen LogP contribution in [0.15, 0.2) is 48.5 Å². The van der Waals surface area contributed by atoms with Crippen molar-refractivity contribution in [3.63, 3.8) is 0 Å². The van der Waals surface area contributed by atoms with E-state index in [9.17, 15) is 14.9 Å². The molecular weight excluding hydrogens is 346 g/mol. The van der Waals surface area contributed by atoms with E-state index in [0.29, 0.717) is 18.7 Å². The summed E-state index contributed by atoms with van der Waals surface area (Å²) >= 11 is 0.